The fourth-order valence-electron chi connectivity index (χ4n) is 1.82. The van der Waals surface area contributed by atoms with Gasteiger partial charge in [0.05, 0.1) is 5.69 Å². The average Bonchev–Trinajstić information content (AvgIpc) is 2.51. The van der Waals surface area contributed by atoms with Gasteiger partial charge in [0.1, 0.15) is 5.82 Å². The van der Waals surface area contributed by atoms with Gasteiger partial charge < -0.3 is 4.74 Å². The van der Waals surface area contributed by atoms with Crippen LogP contribution in [0.1, 0.15) is 17.3 Å². The number of benzene rings is 2. The minimum absolute atomic E-state index is 0.00225. The van der Waals surface area contributed by atoms with E-state index in [9.17, 15) is 22.0 Å². The van der Waals surface area contributed by atoms with Gasteiger partial charge in [0, 0.05) is 25.7 Å². The highest BCUT2D eigenvalue weighted by Crippen LogP contribution is 2.33. The Morgan fingerprint density at radius 1 is 1.08 bits per heavy atom. The van der Waals surface area contributed by atoms with E-state index in [1.165, 1.54) is 39.2 Å². The summed E-state index contributed by atoms with van der Waals surface area (Å²) in [5.41, 5.74) is 0.243. The van der Waals surface area contributed by atoms with Gasteiger partial charge in [-0.3, -0.25) is 9.52 Å². The van der Waals surface area contributed by atoms with Crippen LogP contribution in [0, 0.1) is 11.6 Å². The summed E-state index contributed by atoms with van der Waals surface area (Å²) >= 11 is 0. The molecular weight excluding hydrogens is 354 g/mol. The highest BCUT2D eigenvalue weighted by molar-refractivity contribution is 7.90. The van der Waals surface area contributed by atoms with Crippen molar-refractivity contribution in [2.45, 2.75) is 6.92 Å². The van der Waals surface area contributed by atoms with Gasteiger partial charge in [0.2, 0.25) is 0 Å². The lowest BCUT2D eigenvalue weighted by Gasteiger charge is -2.17. The van der Waals surface area contributed by atoms with Crippen molar-refractivity contribution in [2.24, 2.45) is 0 Å². The molecule has 0 unspecified atom stereocenters. The summed E-state index contributed by atoms with van der Waals surface area (Å²) in [4.78, 5) is 11.5. The lowest BCUT2D eigenvalue weighted by atomic mass is 10.1. The third-order valence-electron chi connectivity index (χ3n) is 3.22. The quantitative estimate of drug-likeness (QED) is 0.793. The van der Waals surface area contributed by atoms with Crippen molar-refractivity contribution >= 4 is 21.7 Å². The van der Waals surface area contributed by atoms with Crippen molar-refractivity contribution in [1.82, 2.24) is 4.31 Å². The summed E-state index contributed by atoms with van der Waals surface area (Å²) in [6.45, 7) is 1.32. The zero-order chi connectivity index (χ0) is 18.8. The summed E-state index contributed by atoms with van der Waals surface area (Å²) in [5, 5.41) is 0. The van der Waals surface area contributed by atoms with E-state index in [0.717, 1.165) is 16.4 Å². The van der Waals surface area contributed by atoms with Gasteiger partial charge in [-0.2, -0.15) is 12.7 Å². The molecule has 0 aromatic heterocycles. The third-order valence-corrected chi connectivity index (χ3v) is 4.66. The van der Waals surface area contributed by atoms with Gasteiger partial charge in [-0.15, -0.1) is 0 Å². The summed E-state index contributed by atoms with van der Waals surface area (Å²) in [6.07, 6.45) is 0. The molecule has 1 N–H and O–H groups in total. The molecule has 2 aromatic rings. The molecule has 0 amide bonds. The van der Waals surface area contributed by atoms with Crippen LogP contribution in [-0.2, 0) is 10.2 Å². The Kier molecular flexibility index (Phi) is 5.39. The highest BCUT2D eigenvalue weighted by atomic mass is 32.2. The molecule has 0 radical (unpaired) electrons. The maximum absolute atomic E-state index is 13.8. The van der Waals surface area contributed by atoms with Crippen molar-refractivity contribution in [3.8, 4) is 11.5 Å². The van der Waals surface area contributed by atoms with Crippen LogP contribution >= 0.6 is 0 Å². The van der Waals surface area contributed by atoms with Crippen LogP contribution in [0.4, 0.5) is 14.5 Å². The first-order chi connectivity index (χ1) is 11.6. The van der Waals surface area contributed by atoms with Crippen molar-refractivity contribution in [3.05, 3.63) is 53.6 Å². The Hall–Kier alpha value is -2.52. The fourth-order valence-corrected chi connectivity index (χ4v) is 2.45. The van der Waals surface area contributed by atoms with Crippen LogP contribution in [-0.4, -0.2) is 32.6 Å². The van der Waals surface area contributed by atoms with E-state index >= 15 is 0 Å². The second-order valence-corrected chi connectivity index (χ2v) is 7.22. The average molecular weight is 370 g/mol. The van der Waals surface area contributed by atoms with E-state index in [0.29, 0.717) is 6.07 Å². The third kappa shape index (κ3) is 4.52. The van der Waals surface area contributed by atoms with Crippen molar-refractivity contribution in [2.75, 3.05) is 18.8 Å². The van der Waals surface area contributed by atoms with E-state index in [1.54, 1.807) is 0 Å². The minimum Gasteiger partial charge on any atom is -0.452 e. The van der Waals surface area contributed by atoms with E-state index in [-0.39, 0.29) is 28.5 Å². The van der Waals surface area contributed by atoms with Crippen LogP contribution in [0.2, 0.25) is 0 Å². The number of carbonyl (C=O) groups excluding carboxylic acids is 1. The van der Waals surface area contributed by atoms with E-state index < -0.39 is 21.8 Å². The number of ketones is 1. The number of anilines is 1. The van der Waals surface area contributed by atoms with Crippen LogP contribution in [0.15, 0.2) is 36.4 Å². The number of halogens is 2. The molecule has 0 fully saturated rings. The van der Waals surface area contributed by atoms with Gasteiger partial charge in [-0.05, 0) is 37.3 Å². The second-order valence-electron chi connectivity index (χ2n) is 5.33. The first-order valence-electron chi connectivity index (χ1n) is 7.08. The Morgan fingerprint density at radius 2 is 1.76 bits per heavy atom. The molecule has 6 nitrogen and oxygen atoms in total. The summed E-state index contributed by atoms with van der Waals surface area (Å²) in [7, 11) is -1.20. The monoisotopic (exact) mass is 370 g/mol. The maximum atomic E-state index is 13.8. The fraction of sp³-hybridized carbons (Fsp3) is 0.188. The van der Waals surface area contributed by atoms with Crippen LogP contribution < -0.4 is 9.46 Å². The van der Waals surface area contributed by atoms with Crippen LogP contribution in [0.5, 0.6) is 11.5 Å². The van der Waals surface area contributed by atoms with Crippen LogP contribution in [0.25, 0.3) is 0 Å². The van der Waals surface area contributed by atoms with Gasteiger partial charge in [0.25, 0.3) is 0 Å². The van der Waals surface area contributed by atoms with Gasteiger partial charge in [-0.25, -0.2) is 8.78 Å². The SMILES string of the molecule is CC(=O)c1ccc(NS(=O)(=O)N(C)C)c(Oc2ccc(F)cc2F)c1. The molecule has 0 saturated carbocycles. The molecule has 25 heavy (non-hydrogen) atoms. The Morgan fingerprint density at radius 3 is 2.32 bits per heavy atom. The summed E-state index contributed by atoms with van der Waals surface area (Å²) < 4.78 is 59.4. The van der Waals surface area contributed by atoms with Crippen molar-refractivity contribution in [1.29, 1.82) is 0 Å². The predicted molar refractivity (Wildman–Crippen MR) is 89.1 cm³/mol. The molecule has 0 spiro atoms. The molecule has 0 saturated heterocycles. The van der Waals surface area contributed by atoms with Crippen molar-refractivity contribution < 1.29 is 26.7 Å². The molecule has 2 aromatic carbocycles. The lowest BCUT2D eigenvalue weighted by molar-refractivity contribution is 0.101. The number of nitrogens with zero attached hydrogens (tertiary/aromatic N) is 1. The molecule has 9 heteroatoms. The maximum Gasteiger partial charge on any atom is 0.301 e. The molecule has 0 aliphatic carbocycles. The van der Waals surface area contributed by atoms with Crippen molar-refractivity contribution in [3.63, 3.8) is 0 Å². The largest absolute Gasteiger partial charge is 0.452 e. The van der Waals surface area contributed by atoms with Crippen LogP contribution in [0.3, 0.4) is 0 Å². The second kappa shape index (κ2) is 7.16. The van der Waals surface area contributed by atoms with E-state index in [2.05, 4.69) is 4.72 Å². The number of hydrogen-bond donors (Lipinski definition) is 1. The van der Waals surface area contributed by atoms with Gasteiger partial charge in [0.15, 0.2) is 23.1 Å². The normalized spacial score (nSPS) is 11.4. The molecule has 134 valence electrons. The molecule has 0 heterocycles. The van der Waals surface area contributed by atoms with Gasteiger partial charge in [-0.1, -0.05) is 0 Å². The number of hydrogen-bond acceptors (Lipinski definition) is 4. The Bertz CT molecular complexity index is 914. The topological polar surface area (TPSA) is 75.7 Å². The molecule has 0 aliphatic heterocycles. The number of nitrogens with one attached hydrogen (secondary N) is 1. The lowest BCUT2D eigenvalue weighted by Crippen LogP contribution is -2.29. The number of Topliss-reactive ketones (excluding diaryl/α,β-unsaturated/α-hetero) is 1. The van der Waals surface area contributed by atoms with E-state index in [1.807, 2.05) is 0 Å². The Labute approximate surface area is 144 Å². The zero-order valence-corrected chi connectivity index (χ0v) is 14.5. The Balaban J connectivity index is 2.48. The molecular formula is C16H16F2N2O4S. The standard InChI is InChI=1S/C16H16F2N2O4S/c1-10(21)11-4-6-14(19-25(22,23)20(2)3)16(8-11)24-15-7-5-12(17)9-13(15)18/h4-9,19H,1-3H3. The number of carbonyl (C=O) groups is 1. The summed E-state index contributed by atoms with van der Waals surface area (Å²) in [6, 6.07) is 6.71. The zero-order valence-electron chi connectivity index (χ0n) is 13.7. The smallest absolute Gasteiger partial charge is 0.301 e. The molecule has 0 atom stereocenters. The highest BCUT2D eigenvalue weighted by Gasteiger charge is 2.18. The molecule has 0 bridgehead atoms. The first-order valence-corrected chi connectivity index (χ1v) is 8.52. The number of ether oxygens (including phenoxy) is 1. The molecule has 0 aliphatic rings. The predicted octanol–water partition coefficient (Wildman–Crippen LogP) is 3.18. The van der Waals surface area contributed by atoms with E-state index in [4.69, 9.17) is 4.74 Å². The molecule has 2 rings (SSSR count). The minimum atomic E-state index is -3.85. The summed E-state index contributed by atoms with van der Waals surface area (Å²) in [5.74, 6) is -2.44. The van der Waals surface area contributed by atoms with Gasteiger partial charge >= 0.3 is 10.2 Å². The first kappa shape index (κ1) is 18.8. The number of rotatable bonds is 6.